The van der Waals surface area contributed by atoms with E-state index < -0.39 is 0 Å². The first-order valence-corrected chi connectivity index (χ1v) is 8.63. The van der Waals surface area contributed by atoms with Crippen LogP contribution in [0.5, 0.6) is 0 Å². The summed E-state index contributed by atoms with van der Waals surface area (Å²) < 4.78 is 0. The first-order valence-electron chi connectivity index (χ1n) is 8.63. The largest absolute Gasteiger partial charge is 0.378 e. The van der Waals surface area contributed by atoms with E-state index in [1.54, 1.807) is 0 Å². The summed E-state index contributed by atoms with van der Waals surface area (Å²) >= 11 is 0. The van der Waals surface area contributed by atoms with E-state index in [9.17, 15) is 0 Å². The fourth-order valence-corrected chi connectivity index (χ4v) is 2.53. The molecule has 2 aromatic rings. The summed E-state index contributed by atoms with van der Waals surface area (Å²) in [5.74, 6) is 0. The standard InChI is InChI=1S/C21H29N3/c1-6-7-16-22-21(17-8-12-19(13-9-17)23(2)3)18-10-14-20(15-11-18)24(4)5/h8-15H,6-7,16H2,1-5H3. The number of aliphatic imine (C=N–C) groups is 1. The van der Waals surface area contributed by atoms with Crippen LogP contribution in [0.25, 0.3) is 0 Å². The van der Waals surface area contributed by atoms with Gasteiger partial charge in [0.2, 0.25) is 0 Å². The fourth-order valence-electron chi connectivity index (χ4n) is 2.53. The molecule has 24 heavy (non-hydrogen) atoms. The van der Waals surface area contributed by atoms with Gasteiger partial charge >= 0.3 is 0 Å². The van der Waals surface area contributed by atoms with Crippen LogP contribution in [0.15, 0.2) is 53.5 Å². The van der Waals surface area contributed by atoms with Crippen LogP contribution in [-0.2, 0) is 0 Å². The third-order valence-corrected chi connectivity index (χ3v) is 4.10. The van der Waals surface area contributed by atoms with Gasteiger partial charge in [-0.05, 0) is 30.7 Å². The van der Waals surface area contributed by atoms with Crippen LogP contribution in [0.3, 0.4) is 0 Å². The minimum absolute atomic E-state index is 0.872. The molecule has 128 valence electrons. The summed E-state index contributed by atoms with van der Waals surface area (Å²) in [4.78, 5) is 9.12. The number of nitrogens with zero attached hydrogens (tertiary/aromatic N) is 3. The van der Waals surface area contributed by atoms with Crippen molar-refractivity contribution in [2.75, 3.05) is 44.5 Å². The number of rotatable bonds is 7. The molecule has 3 nitrogen and oxygen atoms in total. The molecule has 0 N–H and O–H groups in total. The van der Waals surface area contributed by atoms with Crippen LogP contribution in [0.2, 0.25) is 0 Å². The molecule has 0 aromatic heterocycles. The van der Waals surface area contributed by atoms with Crippen LogP contribution in [0.1, 0.15) is 30.9 Å². The van der Waals surface area contributed by atoms with Crippen molar-refractivity contribution in [3.05, 3.63) is 59.7 Å². The fraction of sp³-hybridized carbons (Fsp3) is 0.381. The maximum absolute atomic E-state index is 4.89. The summed E-state index contributed by atoms with van der Waals surface area (Å²) in [6.07, 6.45) is 2.28. The predicted octanol–water partition coefficient (Wildman–Crippen LogP) is 4.46. The van der Waals surface area contributed by atoms with Gasteiger partial charge < -0.3 is 9.80 Å². The molecule has 0 radical (unpaired) electrons. The summed E-state index contributed by atoms with van der Waals surface area (Å²) in [6, 6.07) is 17.3. The lowest BCUT2D eigenvalue weighted by molar-refractivity contribution is 0.808. The van der Waals surface area contributed by atoms with Crippen LogP contribution in [0.4, 0.5) is 11.4 Å². The van der Waals surface area contributed by atoms with Crippen molar-refractivity contribution in [1.29, 1.82) is 0 Å². The molecule has 0 aliphatic carbocycles. The molecule has 0 saturated heterocycles. The minimum atomic E-state index is 0.872. The van der Waals surface area contributed by atoms with Gasteiger partial charge in [-0.2, -0.15) is 0 Å². The van der Waals surface area contributed by atoms with Gasteiger partial charge in [-0.15, -0.1) is 0 Å². The van der Waals surface area contributed by atoms with Crippen molar-refractivity contribution in [2.45, 2.75) is 19.8 Å². The van der Waals surface area contributed by atoms with Crippen molar-refractivity contribution in [3.8, 4) is 0 Å². The van der Waals surface area contributed by atoms with Gasteiger partial charge in [0.15, 0.2) is 0 Å². The molecule has 0 heterocycles. The Bertz CT molecular complexity index is 599. The van der Waals surface area contributed by atoms with Gasteiger partial charge in [0.1, 0.15) is 0 Å². The van der Waals surface area contributed by atoms with Crippen LogP contribution < -0.4 is 9.80 Å². The summed E-state index contributed by atoms with van der Waals surface area (Å²) in [7, 11) is 8.24. The van der Waals surface area contributed by atoms with Crippen molar-refractivity contribution in [3.63, 3.8) is 0 Å². The zero-order valence-electron chi connectivity index (χ0n) is 15.6. The van der Waals surface area contributed by atoms with E-state index in [1.165, 1.54) is 22.5 Å². The zero-order valence-corrected chi connectivity index (χ0v) is 15.6. The van der Waals surface area contributed by atoms with E-state index in [2.05, 4.69) is 93.4 Å². The molecule has 0 amide bonds. The van der Waals surface area contributed by atoms with E-state index in [0.717, 1.165) is 25.1 Å². The number of hydrogen-bond acceptors (Lipinski definition) is 3. The molecule has 2 aromatic carbocycles. The second kappa shape index (κ2) is 8.53. The number of anilines is 2. The number of benzene rings is 2. The van der Waals surface area contributed by atoms with Gasteiger partial charge in [-0.3, -0.25) is 4.99 Å². The lowest BCUT2D eigenvalue weighted by Crippen LogP contribution is -2.11. The molecule has 3 heteroatoms. The molecular weight excluding hydrogens is 294 g/mol. The Labute approximate surface area is 146 Å². The first kappa shape index (κ1) is 18.1. The van der Waals surface area contributed by atoms with E-state index in [1.807, 2.05) is 0 Å². The molecule has 2 rings (SSSR count). The van der Waals surface area contributed by atoms with Gasteiger partial charge in [0.05, 0.1) is 5.71 Å². The van der Waals surface area contributed by atoms with E-state index in [-0.39, 0.29) is 0 Å². The minimum Gasteiger partial charge on any atom is -0.378 e. The second-order valence-corrected chi connectivity index (χ2v) is 6.47. The van der Waals surface area contributed by atoms with Crippen molar-refractivity contribution in [1.82, 2.24) is 0 Å². The Hall–Kier alpha value is -2.29. The molecule has 0 saturated carbocycles. The van der Waals surface area contributed by atoms with E-state index in [4.69, 9.17) is 4.99 Å². The molecule has 0 unspecified atom stereocenters. The highest BCUT2D eigenvalue weighted by atomic mass is 15.1. The summed E-state index contributed by atoms with van der Waals surface area (Å²) in [5, 5.41) is 0. The van der Waals surface area contributed by atoms with Crippen LogP contribution in [-0.4, -0.2) is 40.4 Å². The molecule has 0 fully saturated rings. The predicted molar refractivity (Wildman–Crippen MR) is 107 cm³/mol. The van der Waals surface area contributed by atoms with Crippen molar-refractivity contribution < 1.29 is 0 Å². The molecule has 0 atom stereocenters. The molecule has 0 spiro atoms. The first-order chi connectivity index (χ1) is 11.5. The van der Waals surface area contributed by atoms with Gasteiger partial charge in [0.25, 0.3) is 0 Å². The Balaban J connectivity index is 2.35. The average molecular weight is 323 g/mol. The molecule has 0 aliphatic heterocycles. The highest BCUT2D eigenvalue weighted by molar-refractivity contribution is 6.13. The van der Waals surface area contributed by atoms with Gasteiger partial charge in [-0.1, -0.05) is 37.6 Å². The maximum atomic E-state index is 4.89. The van der Waals surface area contributed by atoms with E-state index in [0.29, 0.717) is 0 Å². The number of hydrogen-bond donors (Lipinski definition) is 0. The SMILES string of the molecule is CCCCN=C(c1ccc(N(C)C)cc1)c1ccc(N(C)C)cc1. The highest BCUT2D eigenvalue weighted by Gasteiger charge is 2.08. The summed E-state index contributed by atoms with van der Waals surface area (Å²) in [5.41, 5.74) is 5.84. The lowest BCUT2D eigenvalue weighted by Gasteiger charge is -2.15. The second-order valence-electron chi connectivity index (χ2n) is 6.47. The Morgan fingerprint density at radius 3 is 1.50 bits per heavy atom. The monoisotopic (exact) mass is 323 g/mol. The number of unbranched alkanes of at least 4 members (excludes halogenated alkanes) is 1. The quantitative estimate of drug-likeness (QED) is 0.553. The normalized spacial score (nSPS) is 10.4. The van der Waals surface area contributed by atoms with Gasteiger partial charge in [0, 0.05) is 57.2 Å². The van der Waals surface area contributed by atoms with Crippen molar-refractivity contribution >= 4 is 17.1 Å². The topological polar surface area (TPSA) is 18.8 Å². The smallest absolute Gasteiger partial charge is 0.0718 e. The highest BCUT2D eigenvalue weighted by Crippen LogP contribution is 2.19. The third kappa shape index (κ3) is 4.60. The third-order valence-electron chi connectivity index (χ3n) is 4.10. The molecular formula is C21H29N3. The van der Waals surface area contributed by atoms with Crippen molar-refractivity contribution in [2.24, 2.45) is 4.99 Å². The average Bonchev–Trinajstić information content (AvgIpc) is 2.59. The zero-order chi connectivity index (χ0) is 17.5. The Kier molecular flexibility index (Phi) is 6.42. The summed E-state index contributed by atoms with van der Waals surface area (Å²) in [6.45, 7) is 3.07. The Morgan fingerprint density at radius 1 is 0.750 bits per heavy atom. The van der Waals surface area contributed by atoms with Gasteiger partial charge in [-0.25, -0.2) is 0 Å². The van der Waals surface area contributed by atoms with Crippen LogP contribution >= 0.6 is 0 Å². The van der Waals surface area contributed by atoms with E-state index >= 15 is 0 Å². The lowest BCUT2D eigenvalue weighted by atomic mass is 10.0. The van der Waals surface area contributed by atoms with Crippen LogP contribution in [0, 0.1) is 0 Å². The Morgan fingerprint density at radius 2 is 1.17 bits per heavy atom. The molecule has 0 bridgehead atoms. The molecule has 0 aliphatic rings. The maximum Gasteiger partial charge on any atom is 0.0718 e.